The molecule has 0 amide bonds. The molecule has 0 unspecified atom stereocenters. The lowest BCUT2D eigenvalue weighted by Crippen LogP contribution is -2.04. The van der Waals surface area contributed by atoms with Crippen LogP contribution < -0.4 is 0 Å². The van der Waals surface area contributed by atoms with Gasteiger partial charge in [0.25, 0.3) is 0 Å². The van der Waals surface area contributed by atoms with E-state index >= 15 is 0 Å². The van der Waals surface area contributed by atoms with E-state index in [2.05, 4.69) is 20.4 Å². The zero-order valence-corrected chi connectivity index (χ0v) is 14.9. The highest BCUT2D eigenvalue weighted by Gasteiger charge is 2.30. The molecule has 0 aliphatic heterocycles. The Labute approximate surface area is 160 Å². The number of hydrogen-bond donors (Lipinski definition) is 0. The molecule has 0 fully saturated rings. The van der Waals surface area contributed by atoms with Crippen molar-refractivity contribution in [3.8, 4) is 22.0 Å². The number of thiazole rings is 1. The third-order valence-electron chi connectivity index (χ3n) is 3.87. The fourth-order valence-electron chi connectivity index (χ4n) is 2.48. The molecular formula is C18H11F4N5S. The van der Waals surface area contributed by atoms with Crippen molar-refractivity contribution in [2.24, 2.45) is 0 Å². The SMILES string of the molecule is Fc1ccc(-c2nnn(Cc3csc(-c4ccc(C(F)(F)F)cc4)n3)n2)cc1. The minimum absolute atomic E-state index is 0.255. The minimum atomic E-state index is -4.37. The zero-order valence-electron chi connectivity index (χ0n) is 14.1. The summed E-state index contributed by atoms with van der Waals surface area (Å²) < 4.78 is 51.0. The Morgan fingerprint density at radius 1 is 0.929 bits per heavy atom. The molecule has 10 heteroatoms. The summed E-state index contributed by atoms with van der Waals surface area (Å²) in [6, 6.07) is 10.6. The Hall–Kier alpha value is -3.14. The van der Waals surface area contributed by atoms with Crippen molar-refractivity contribution >= 4 is 11.3 Å². The Morgan fingerprint density at radius 3 is 2.29 bits per heavy atom. The molecule has 2 aromatic heterocycles. The molecular weight excluding hydrogens is 394 g/mol. The molecule has 4 rings (SSSR count). The van der Waals surface area contributed by atoms with Crippen molar-refractivity contribution in [3.05, 3.63) is 71.0 Å². The van der Waals surface area contributed by atoms with Gasteiger partial charge in [0.2, 0.25) is 5.82 Å². The van der Waals surface area contributed by atoms with Crippen molar-refractivity contribution in [2.45, 2.75) is 12.7 Å². The normalized spacial score (nSPS) is 11.7. The molecule has 2 heterocycles. The van der Waals surface area contributed by atoms with Crippen LogP contribution in [0, 0.1) is 5.82 Å². The topological polar surface area (TPSA) is 56.5 Å². The summed E-state index contributed by atoms with van der Waals surface area (Å²) >= 11 is 1.32. The first kappa shape index (κ1) is 18.2. The lowest BCUT2D eigenvalue weighted by atomic mass is 10.1. The summed E-state index contributed by atoms with van der Waals surface area (Å²) in [5.41, 5.74) is 1.19. The number of aromatic nitrogens is 5. The van der Waals surface area contributed by atoms with Crippen molar-refractivity contribution in [1.82, 2.24) is 25.2 Å². The maximum absolute atomic E-state index is 13.0. The fraction of sp³-hybridized carbons (Fsp3) is 0.111. The van der Waals surface area contributed by atoms with Gasteiger partial charge in [0.1, 0.15) is 17.4 Å². The molecule has 4 aromatic rings. The second-order valence-corrected chi connectivity index (χ2v) is 6.73. The first-order valence-corrected chi connectivity index (χ1v) is 8.92. The van der Waals surface area contributed by atoms with E-state index in [0.29, 0.717) is 27.7 Å². The third kappa shape index (κ3) is 3.91. The van der Waals surface area contributed by atoms with Crippen LogP contribution in [0.2, 0.25) is 0 Å². The number of alkyl halides is 3. The number of nitrogens with zero attached hydrogens (tertiary/aromatic N) is 5. The summed E-state index contributed by atoms with van der Waals surface area (Å²) in [7, 11) is 0. The van der Waals surface area contributed by atoms with Crippen LogP contribution in [0.4, 0.5) is 17.6 Å². The first-order chi connectivity index (χ1) is 13.4. The van der Waals surface area contributed by atoms with E-state index in [1.165, 1.54) is 40.4 Å². The van der Waals surface area contributed by atoms with Gasteiger partial charge in [-0.3, -0.25) is 0 Å². The maximum atomic E-state index is 13.0. The molecule has 2 aromatic carbocycles. The Kier molecular flexibility index (Phi) is 4.63. The van der Waals surface area contributed by atoms with Crippen molar-refractivity contribution in [1.29, 1.82) is 0 Å². The molecule has 0 spiro atoms. The van der Waals surface area contributed by atoms with Crippen LogP contribution >= 0.6 is 11.3 Å². The van der Waals surface area contributed by atoms with Gasteiger partial charge < -0.3 is 0 Å². The van der Waals surface area contributed by atoms with Gasteiger partial charge in [0.15, 0.2) is 0 Å². The van der Waals surface area contributed by atoms with Gasteiger partial charge in [-0.05, 0) is 41.6 Å². The zero-order chi connectivity index (χ0) is 19.7. The van der Waals surface area contributed by atoms with Crippen LogP contribution in [0.3, 0.4) is 0 Å². The summed E-state index contributed by atoms with van der Waals surface area (Å²) in [4.78, 5) is 5.77. The summed E-state index contributed by atoms with van der Waals surface area (Å²) in [5, 5.41) is 14.5. The molecule has 28 heavy (non-hydrogen) atoms. The second kappa shape index (κ2) is 7.12. The lowest BCUT2D eigenvalue weighted by Gasteiger charge is -2.06. The highest BCUT2D eigenvalue weighted by Crippen LogP contribution is 2.31. The van der Waals surface area contributed by atoms with Crippen LogP contribution in [0.1, 0.15) is 11.3 Å². The molecule has 0 radical (unpaired) electrons. The molecule has 5 nitrogen and oxygen atoms in total. The van der Waals surface area contributed by atoms with Gasteiger partial charge in [0.05, 0.1) is 11.3 Å². The van der Waals surface area contributed by atoms with E-state index in [1.807, 2.05) is 0 Å². The van der Waals surface area contributed by atoms with E-state index in [9.17, 15) is 17.6 Å². The smallest absolute Gasteiger partial charge is 0.239 e. The van der Waals surface area contributed by atoms with E-state index in [4.69, 9.17) is 0 Å². The average Bonchev–Trinajstić information content (AvgIpc) is 3.32. The number of halogens is 4. The second-order valence-electron chi connectivity index (χ2n) is 5.87. The standard InChI is InChI=1S/C18H11F4N5S/c19-14-7-3-11(4-8-14)16-24-26-27(25-16)9-15-10-28-17(23-15)12-1-5-13(6-2-12)18(20,21)22/h1-8,10H,9H2. The number of tetrazole rings is 1. The molecule has 0 aliphatic rings. The Balaban J connectivity index is 1.49. The molecule has 0 aliphatic carbocycles. The van der Waals surface area contributed by atoms with E-state index < -0.39 is 11.7 Å². The van der Waals surface area contributed by atoms with Crippen molar-refractivity contribution in [3.63, 3.8) is 0 Å². The third-order valence-corrected chi connectivity index (χ3v) is 4.81. The van der Waals surface area contributed by atoms with Crippen LogP contribution in [-0.2, 0) is 12.7 Å². The Morgan fingerprint density at radius 2 is 1.61 bits per heavy atom. The maximum Gasteiger partial charge on any atom is 0.416 e. The van der Waals surface area contributed by atoms with Crippen molar-refractivity contribution in [2.75, 3.05) is 0 Å². The molecule has 0 atom stereocenters. The molecule has 0 saturated heterocycles. The minimum Gasteiger partial charge on any atom is -0.239 e. The Bertz CT molecular complexity index is 1080. The van der Waals surface area contributed by atoms with E-state index in [-0.39, 0.29) is 12.4 Å². The molecule has 0 saturated carbocycles. The van der Waals surface area contributed by atoms with Crippen LogP contribution in [-0.4, -0.2) is 25.2 Å². The number of benzene rings is 2. The quantitative estimate of drug-likeness (QED) is 0.463. The van der Waals surface area contributed by atoms with Crippen LogP contribution in [0.5, 0.6) is 0 Å². The van der Waals surface area contributed by atoms with E-state index in [1.54, 1.807) is 17.5 Å². The van der Waals surface area contributed by atoms with Gasteiger partial charge in [-0.1, -0.05) is 12.1 Å². The summed E-state index contributed by atoms with van der Waals surface area (Å²) in [6.45, 7) is 0.255. The number of hydrogen-bond acceptors (Lipinski definition) is 5. The molecule has 0 N–H and O–H groups in total. The highest BCUT2D eigenvalue weighted by atomic mass is 32.1. The monoisotopic (exact) mass is 405 g/mol. The van der Waals surface area contributed by atoms with Gasteiger partial charge in [0, 0.05) is 16.5 Å². The summed E-state index contributed by atoms with van der Waals surface area (Å²) in [5.74, 6) is 0.00704. The largest absolute Gasteiger partial charge is 0.416 e. The van der Waals surface area contributed by atoms with Crippen LogP contribution in [0.15, 0.2) is 53.9 Å². The van der Waals surface area contributed by atoms with E-state index in [0.717, 1.165) is 12.1 Å². The van der Waals surface area contributed by atoms with Crippen LogP contribution in [0.25, 0.3) is 22.0 Å². The lowest BCUT2D eigenvalue weighted by molar-refractivity contribution is -0.137. The summed E-state index contributed by atoms with van der Waals surface area (Å²) in [6.07, 6.45) is -4.37. The molecule has 142 valence electrons. The van der Waals surface area contributed by atoms with Crippen molar-refractivity contribution < 1.29 is 17.6 Å². The predicted octanol–water partition coefficient (Wildman–Crippen LogP) is 4.67. The first-order valence-electron chi connectivity index (χ1n) is 8.04. The van der Waals surface area contributed by atoms with Gasteiger partial charge in [-0.25, -0.2) is 9.37 Å². The number of rotatable bonds is 4. The van der Waals surface area contributed by atoms with Gasteiger partial charge in [-0.15, -0.1) is 21.5 Å². The highest BCUT2D eigenvalue weighted by molar-refractivity contribution is 7.13. The van der Waals surface area contributed by atoms with Gasteiger partial charge in [-0.2, -0.15) is 18.0 Å². The molecule has 0 bridgehead atoms. The van der Waals surface area contributed by atoms with Gasteiger partial charge >= 0.3 is 6.18 Å². The predicted molar refractivity (Wildman–Crippen MR) is 94.9 cm³/mol. The fourth-order valence-corrected chi connectivity index (χ4v) is 3.30. The average molecular weight is 405 g/mol.